The van der Waals surface area contributed by atoms with Crippen molar-refractivity contribution in [1.82, 2.24) is 25.3 Å². The Balaban J connectivity index is 1.87. The summed E-state index contributed by atoms with van der Waals surface area (Å²) in [6.07, 6.45) is 6.58. The molecule has 2 aromatic heterocycles. The van der Waals surface area contributed by atoms with E-state index in [1.54, 1.807) is 12.5 Å². The first kappa shape index (κ1) is 14.1. The number of nitrogens with zero attached hydrogens (tertiary/aromatic N) is 4. The molecule has 1 aliphatic rings. The second-order valence-corrected chi connectivity index (χ2v) is 5.57. The van der Waals surface area contributed by atoms with Crippen LogP contribution >= 0.6 is 0 Å². The van der Waals surface area contributed by atoms with Crippen molar-refractivity contribution in [2.24, 2.45) is 5.92 Å². The second kappa shape index (κ2) is 6.26. The van der Waals surface area contributed by atoms with Crippen LogP contribution in [0.3, 0.4) is 0 Å². The van der Waals surface area contributed by atoms with Crippen LogP contribution in [-0.4, -0.2) is 33.0 Å². The van der Waals surface area contributed by atoms with E-state index in [1.807, 2.05) is 6.07 Å². The number of nitrogens with one attached hydrogen (secondary N) is 1. The van der Waals surface area contributed by atoms with Crippen molar-refractivity contribution in [3.05, 3.63) is 35.5 Å². The molecule has 0 saturated carbocycles. The lowest BCUT2D eigenvalue weighted by molar-refractivity contribution is 0.423. The van der Waals surface area contributed by atoms with Crippen LogP contribution in [-0.2, 0) is 12.8 Å². The Hall–Kier alpha value is -1.88. The highest BCUT2D eigenvalue weighted by molar-refractivity contribution is 5.49. The lowest BCUT2D eigenvalue weighted by Crippen LogP contribution is -2.28. The van der Waals surface area contributed by atoms with Gasteiger partial charge in [0.25, 0.3) is 0 Å². The van der Waals surface area contributed by atoms with Crippen LogP contribution in [0.1, 0.15) is 30.3 Å². The maximum Gasteiger partial charge on any atom is 0.178 e. The minimum atomic E-state index is 0.699. The van der Waals surface area contributed by atoms with Gasteiger partial charge in [-0.2, -0.15) is 0 Å². The minimum absolute atomic E-state index is 0.699. The van der Waals surface area contributed by atoms with E-state index < -0.39 is 0 Å². The molecule has 5 nitrogen and oxygen atoms in total. The van der Waals surface area contributed by atoms with Gasteiger partial charge in [-0.3, -0.25) is 0 Å². The van der Waals surface area contributed by atoms with Gasteiger partial charge in [0.15, 0.2) is 5.82 Å². The zero-order chi connectivity index (χ0) is 14.7. The Bertz CT molecular complexity index is 612. The number of hydrogen-bond donors (Lipinski definition) is 1. The molecule has 2 aromatic rings. The van der Waals surface area contributed by atoms with Crippen molar-refractivity contribution in [1.29, 1.82) is 0 Å². The predicted octanol–water partition coefficient (Wildman–Crippen LogP) is 1.96. The summed E-state index contributed by atoms with van der Waals surface area (Å²) in [6, 6.07) is 1.86. The van der Waals surface area contributed by atoms with Crippen LogP contribution in [0, 0.1) is 12.8 Å². The zero-order valence-corrected chi connectivity index (χ0v) is 12.6. The van der Waals surface area contributed by atoms with Crippen molar-refractivity contribution in [2.45, 2.75) is 33.1 Å². The van der Waals surface area contributed by atoms with Gasteiger partial charge in [-0.05, 0) is 56.8 Å². The first-order valence-corrected chi connectivity index (χ1v) is 7.61. The van der Waals surface area contributed by atoms with E-state index >= 15 is 0 Å². The van der Waals surface area contributed by atoms with Crippen molar-refractivity contribution in [3.8, 4) is 11.5 Å². The summed E-state index contributed by atoms with van der Waals surface area (Å²) >= 11 is 0. The molecule has 0 aliphatic heterocycles. The van der Waals surface area contributed by atoms with Crippen molar-refractivity contribution < 1.29 is 0 Å². The summed E-state index contributed by atoms with van der Waals surface area (Å²) in [5.41, 5.74) is 4.42. The van der Waals surface area contributed by atoms with Crippen LogP contribution in [0.4, 0.5) is 0 Å². The molecule has 0 fully saturated rings. The number of hydrogen-bond acceptors (Lipinski definition) is 5. The van der Waals surface area contributed by atoms with Crippen molar-refractivity contribution >= 4 is 0 Å². The van der Waals surface area contributed by atoms with Gasteiger partial charge < -0.3 is 5.32 Å². The number of aryl methyl sites for hydroxylation is 2. The standard InChI is InChI=1S/C16H21N5/c1-3-17-9-12-4-5-14-13(8-12)11(2)20-16(21-14)15-6-7-18-10-19-15/h6-7,10,12,17H,3-5,8-9H2,1-2H3. The highest BCUT2D eigenvalue weighted by atomic mass is 14.9. The van der Waals surface area contributed by atoms with E-state index in [1.165, 1.54) is 17.7 Å². The van der Waals surface area contributed by atoms with E-state index in [0.29, 0.717) is 5.92 Å². The Labute approximate surface area is 125 Å². The van der Waals surface area contributed by atoms with Gasteiger partial charge in [-0.25, -0.2) is 19.9 Å². The molecular weight excluding hydrogens is 262 g/mol. The molecule has 0 bridgehead atoms. The molecule has 2 heterocycles. The average molecular weight is 283 g/mol. The molecule has 0 amide bonds. The smallest absolute Gasteiger partial charge is 0.178 e. The van der Waals surface area contributed by atoms with Crippen LogP contribution in [0.25, 0.3) is 11.5 Å². The zero-order valence-electron chi connectivity index (χ0n) is 12.6. The molecule has 1 aliphatic carbocycles. The Morgan fingerprint density at radius 3 is 3.00 bits per heavy atom. The lowest BCUT2D eigenvalue weighted by atomic mass is 9.85. The molecule has 1 atom stereocenters. The molecule has 3 rings (SSSR count). The van der Waals surface area contributed by atoms with E-state index in [-0.39, 0.29) is 0 Å². The number of fused-ring (bicyclic) bond motifs is 1. The number of rotatable bonds is 4. The van der Waals surface area contributed by atoms with Gasteiger partial charge in [-0.15, -0.1) is 0 Å². The third kappa shape index (κ3) is 3.08. The van der Waals surface area contributed by atoms with Crippen molar-refractivity contribution in [2.75, 3.05) is 13.1 Å². The molecule has 0 saturated heterocycles. The molecule has 21 heavy (non-hydrogen) atoms. The lowest BCUT2D eigenvalue weighted by Gasteiger charge is -2.25. The van der Waals surface area contributed by atoms with E-state index in [9.17, 15) is 0 Å². The largest absolute Gasteiger partial charge is 0.317 e. The highest BCUT2D eigenvalue weighted by Crippen LogP contribution is 2.27. The molecule has 0 spiro atoms. The topological polar surface area (TPSA) is 63.6 Å². The van der Waals surface area contributed by atoms with Gasteiger partial charge in [0.05, 0.1) is 0 Å². The SMILES string of the molecule is CCNCC1CCc2nc(-c3ccncn3)nc(C)c2C1. The van der Waals surface area contributed by atoms with Crippen LogP contribution in [0.15, 0.2) is 18.6 Å². The summed E-state index contributed by atoms with van der Waals surface area (Å²) in [4.78, 5) is 17.6. The summed E-state index contributed by atoms with van der Waals surface area (Å²) in [5, 5.41) is 3.45. The summed E-state index contributed by atoms with van der Waals surface area (Å²) in [5.74, 6) is 1.42. The fourth-order valence-corrected chi connectivity index (χ4v) is 2.92. The second-order valence-electron chi connectivity index (χ2n) is 5.57. The Morgan fingerprint density at radius 2 is 2.24 bits per heavy atom. The van der Waals surface area contributed by atoms with Crippen LogP contribution in [0.2, 0.25) is 0 Å². The maximum atomic E-state index is 4.74. The Morgan fingerprint density at radius 1 is 1.33 bits per heavy atom. The summed E-state index contributed by atoms with van der Waals surface area (Å²) < 4.78 is 0. The van der Waals surface area contributed by atoms with Gasteiger partial charge in [-0.1, -0.05) is 6.92 Å². The summed E-state index contributed by atoms with van der Waals surface area (Å²) in [7, 11) is 0. The third-order valence-electron chi connectivity index (χ3n) is 4.08. The predicted molar refractivity (Wildman–Crippen MR) is 81.9 cm³/mol. The van der Waals surface area contributed by atoms with Gasteiger partial charge in [0, 0.05) is 17.6 Å². The van der Waals surface area contributed by atoms with E-state index in [4.69, 9.17) is 4.98 Å². The average Bonchev–Trinajstić information content (AvgIpc) is 2.54. The van der Waals surface area contributed by atoms with Gasteiger partial charge in [0.1, 0.15) is 12.0 Å². The first-order chi connectivity index (χ1) is 10.3. The maximum absolute atomic E-state index is 4.74. The van der Waals surface area contributed by atoms with E-state index in [0.717, 1.165) is 43.1 Å². The van der Waals surface area contributed by atoms with Crippen LogP contribution in [0.5, 0.6) is 0 Å². The summed E-state index contributed by atoms with van der Waals surface area (Å²) in [6.45, 7) is 6.36. The first-order valence-electron chi connectivity index (χ1n) is 7.61. The van der Waals surface area contributed by atoms with Crippen LogP contribution < -0.4 is 5.32 Å². The molecule has 5 heteroatoms. The van der Waals surface area contributed by atoms with Gasteiger partial charge >= 0.3 is 0 Å². The quantitative estimate of drug-likeness (QED) is 0.929. The molecule has 0 radical (unpaired) electrons. The Kier molecular flexibility index (Phi) is 4.20. The molecular formula is C16H21N5. The molecule has 0 aromatic carbocycles. The minimum Gasteiger partial charge on any atom is -0.317 e. The molecule has 1 N–H and O–H groups in total. The third-order valence-corrected chi connectivity index (χ3v) is 4.08. The fraction of sp³-hybridized carbons (Fsp3) is 0.500. The molecule has 1 unspecified atom stereocenters. The fourth-order valence-electron chi connectivity index (χ4n) is 2.92. The van der Waals surface area contributed by atoms with E-state index in [2.05, 4.69) is 34.1 Å². The normalized spacial score (nSPS) is 17.5. The van der Waals surface area contributed by atoms with Crippen molar-refractivity contribution in [3.63, 3.8) is 0 Å². The highest BCUT2D eigenvalue weighted by Gasteiger charge is 2.22. The monoisotopic (exact) mass is 283 g/mol. The van der Waals surface area contributed by atoms with Gasteiger partial charge in [0.2, 0.25) is 0 Å². The molecule has 110 valence electrons. The number of aromatic nitrogens is 4.